The summed E-state index contributed by atoms with van der Waals surface area (Å²) in [6.45, 7) is 2.01. The molecule has 0 aliphatic rings. The molecule has 5 nitrogen and oxygen atoms in total. The summed E-state index contributed by atoms with van der Waals surface area (Å²) in [6.07, 6.45) is 7.38. The summed E-state index contributed by atoms with van der Waals surface area (Å²) in [7, 11) is 0. The van der Waals surface area contributed by atoms with Crippen molar-refractivity contribution in [3.63, 3.8) is 0 Å². The number of aromatic nitrogens is 5. The molecule has 2 aromatic heterocycles. The molecule has 0 aliphatic carbocycles. The highest BCUT2D eigenvalue weighted by molar-refractivity contribution is 5.50. The minimum absolute atomic E-state index is 0.551. The topological polar surface area (TPSA) is 64.5 Å². The van der Waals surface area contributed by atoms with Gasteiger partial charge in [0.05, 0.1) is 11.8 Å². The van der Waals surface area contributed by atoms with Crippen LogP contribution in [-0.4, -0.2) is 25.1 Å². The highest BCUT2D eigenvalue weighted by atomic mass is 15.1. The van der Waals surface area contributed by atoms with E-state index in [9.17, 15) is 0 Å². The van der Waals surface area contributed by atoms with E-state index in [4.69, 9.17) is 0 Å². The second kappa shape index (κ2) is 3.87. The maximum atomic E-state index is 4.15. The van der Waals surface area contributed by atoms with Crippen LogP contribution in [0.15, 0.2) is 24.8 Å². The van der Waals surface area contributed by atoms with E-state index in [1.54, 1.807) is 18.6 Å². The Balaban J connectivity index is 2.34. The van der Waals surface area contributed by atoms with Crippen LogP contribution < -0.4 is 0 Å². The van der Waals surface area contributed by atoms with Crippen LogP contribution in [0.5, 0.6) is 0 Å². The van der Waals surface area contributed by atoms with Crippen LogP contribution in [0.25, 0.3) is 11.4 Å². The second-order valence-electron chi connectivity index (χ2n) is 2.71. The molecule has 2 heterocycles. The Morgan fingerprint density at radius 2 is 1.86 bits per heavy atom. The zero-order valence-corrected chi connectivity index (χ0v) is 7.75. The van der Waals surface area contributed by atoms with Crippen molar-refractivity contribution in [2.24, 2.45) is 0 Å². The van der Waals surface area contributed by atoms with E-state index in [1.807, 2.05) is 6.92 Å². The molecule has 0 saturated heterocycles. The minimum Gasteiger partial charge on any atom is -0.241 e. The number of rotatable bonds is 2. The third kappa shape index (κ3) is 1.71. The maximum Gasteiger partial charge on any atom is 0.184 e. The average molecular weight is 187 g/mol. The Bertz CT molecular complexity index is 397. The van der Waals surface area contributed by atoms with Crippen LogP contribution in [-0.2, 0) is 6.42 Å². The molecule has 0 aliphatic heterocycles. The number of nitrogens with zero attached hydrogens (tertiary/aromatic N) is 5. The minimum atomic E-state index is 0.551. The Morgan fingerprint density at radius 3 is 2.43 bits per heavy atom. The van der Waals surface area contributed by atoms with E-state index in [1.165, 1.54) is 6.20 Å². The molecule has 0 atom stereocenters. The summed E-state index contributed by atoms with van der Waals surface area (Å²) < 4.78 is 0. The molecule has 5 heteroatoms. The van der Waals surface area contributed by atoms with Gasteiger partial charge >= 0.3 is 0 Å². The van der Waals surface area contributed by atoms with Crippen molar-refractivity contribution in [3.05, 3.63) is 30.6 Å². The molecule has 0 N–H and O–H groups in total. The molecule has 0 unspecified atom stereocenters. The van der Waals surface area contributed by atoms with Gasteiger partial charge in [-0.2, -0.15) is 5.10 Å². The van der Waals surface area contributed by atoms with Gasteiger partial charge in [0.2, 0.25) is 0 Å². The predicted molar refractivity (Wildman–Crippen MR) is 50.2 cm³/mol. The summed E-state index contributed by atoms with van der Waals surface area (Å²) in [5.74, 6) is 1.37. The van der Waals surface area contributed by atoms with E-state index >= 15 is 0 Å². The maximum absolute atomic E-state index is 4.15. The molecular formula is C9H9N5. The fraction of sp³-hybridized carbons (Fsp3) is 0.222. The average Bonchev–Trinajstić information content (AvgIpc) is 2.30. The van der Waals surface area contributed by atoms with Crippen LogP contribution in [0, 0.1) is 0 Å². The van der Waals surface area contributed by atoms with Crippen LogP contribution in [0.2, 0.25) is 0 Å². The zero-order chi connectivity index (χ0) is 9.80. The SMILES string of the molecule is CCc1ncc(-c2nccnn2)cn1. The van der Waals surface area contributed by atoms with Gasteiger partial charge in [-0.15, -0.1) is 5.10 Å². The first-order valence-corrected chi connectivity index (χ1v) is 4.35. The number of aryl methyl sites for hydroxylation is 1. The third-order valence-electron chi connectivity index (χ3n) is 1.76. The standard InChI is InChI=1S/C9H9N5/c1-2-8-11-5-7(6-12-8)9-10-3-4-13-14-9/h3-6H,2H2,1H3. The van der Waals surface area contributed by atoms with Crippen LogP contribution in [0.1, 0.15) is 12.7 Å². The lowest BCUT2D eigenvalue weighted by molar-refractivity contribution is 0.927. The van der Waals surface area contributed by atoms with E-state index in [-0.39, 0.29) is 0 Å². The van der Waals surface area contributed by atoms with Gasteiger partial charge in [0.25, 0.3) is 0 Å². The van der Waals surface area contributed by atoms with Crippen LogP contribution in [0.4, 0.5) is 0 Å². The summed E-state index contributed by atoms with van der Waals surface area (Å²) in [6, 6.07) is 0. The largest absolute Gasteiger partial charge is 0.241 e. The van der Waals surface area contributed by atoms with Crippen molar-refractivity contribution in [3.8, 4) is 11.4 Å². The van der Waals surface area contributed by atoms with Crippen molar-refractivity contribution in [2.45, 2.75) is 13.3 Å². The molecule has 0 saturated carbocycles. The van der Waals surface area contributed by atoms with Gasteiger partial charge in [-0.25, -0.2) is 15.0 Å². The first kappa shape index (κ1) is 8.68. The Kier molecular flexibility index (Phi) is 2.40. The molecule has 0 bridgehead atoms. The fourth-order valence-electron chi connectivity index (χ4n) is 1.03. The predicted octanol–water partition coefficient (Wildman–Crippen LogP) is 0.891. The lowest BCUT2D eigenvalue weighted by Gasteiger charge is -1.97. The number of hydrogen-bond acceptors (Lipinski definition) is 5. The molecule has 2 rings (SSSR count). The first-order chi connectivity index (χ1) is 6.90. The van der Waals surface area contributed by atoms with E-state index in [2.05, 4.69) is 25.1 Å². The Morgan fingerprint density at radius 1 is 1.07 bits per heavy atom. The molecule has 2 aromatic rings. The Labute approximate surface area is 81.3 Å². The summed E-state index contributed by atoms with van der Waals surface area (Å²) in [5.41, 5.74) is 0.787. The molecule has 0 aromatic carbocycles. The zero-order valence-electron chi connectivity index (χ0n) is 7.75. The van der Waals surface area contributed by atoms with Crippen LogP contribution >= 0.6 is 0 Å². The summed E-state index contributed by atoms with van der Waals surface area (Å²) in [4.78, 5) is 12.4. The van der Waals surface area contributed by atoms with Gasteiger partial charge in [-0.05, 0) is 0 Å². The molecule has 0 amide bonds. The van der Waals surface area contributed by atoms with E-state index in [0.29, 0.717) is 5.82 Å². The normalized spacial score (nSPS) is 10.1. The van der Waals surface area contributed by atoms with Crippen molar-refractivity contribution in [1.29, 1.82) is 0 Å². The smallest absolute Gasteiger partial charge is 0.184 e. The lowest BCUT2D eigenvalue weighted by Crippen LogP contribution is -1.95. The molecule has 0 fully saturated rings. The summed E-state index contributed by atoms with van der Waals surface area (Å²) >= 11 is 0. The monoisotopic (exact) mass is 187 g/mol. The molecule has 14 heavy (non-hydrogen) atoms. The molecule has 0 spiro atoms. The highest BCUT2D eigenvalue weighted by Gasteiger charge is 2.01. The lowest BCUT2D eigenvalue weighted by atomic mass is 10.3. The van der Waals surface area contributed by atoms with Gasteiger partial charge < -0.3 is 0 Å². The summed E-state index contributed by atoms with van der Waals surface area (Å²) in [5, 5.41) is 7.60. The van der Waals surface area contributed by atoms with Gasteiger partial charge in [0.15, 0.2) is 5.82 Å². The second-order valence-corrected chi connectivity index (χ2v) is 2.71. The van der Waals surface area contributed by atoms with E-state index in [0.717, 1.165) is 17.8 Å². The van der Waals surface area contributed by atoms with Crippen molar-refractivity contribution in [1.82, 2.24) is 25.1 Å². The molecule has 0 radical (unpaired) electrons. The van der Waals surface area contributed by atoms with Gasteiger partial charge in [0, 0.05) is 25.0 Å². The van der Waals surface area contributed by atoms with Gasteiger partial charge in [-0.1, -0.05) is 6.92 Å². The molecular weight excluding hydrogens is 178 g/mol. The quantitative estimate of drug-likeness (QED) is 0.698. The number of hydrogen-bond donors (Lipinski definition) is 0. The fourth-order valence-corrected chi connectivity index (χ4v) is 1.03. The van der Waals surface area contributed by atoms with Gasteiger partial charge in [-0.3, -0.25) is 0 Å². The first-order valence-electron chi connectivity index (χ1n) is 4.35. The van der Waals surface area contributed by atoms with Crippen LogP contribution in [0.3, 0.4) is 0 Å². The third-order valence-corrected chi connectivity index (χ3v) is 1.76. The molecule has 70 valence electrons. The van der Waals surface area contributed by atoms with Crippen molar-refractivity contribution in [2.75, 3.05) is 0 Å². The van der Waals surface area contributed by atoms with Gasteiger partial charge in [0.1, 0.15) is 5.82 Å². The van der Waals surface area contributed by atoms with E-state index < -0.39 is 0 Å². The van der Waals surface area contributed by atoms with Crippen molar-refractivity contribution >= 4 is 0 Å². The highest BCUT2D eigenvalue weighted by Crippen LogP contribution is 2.09. The Hall–Kier alpha value is -1.91. The van der Waals surface area contributed by atoms with Crippen molar-refractivity contribution < 1.29 is 0 Å².